The van der Waals surface area contributed by atoms with Crippen molar-refractivity contribution in [1.29, 1.82) is 0 Å². The van der Waals surface area contributed by atoms with E-state index in [4.69, 9.17) is 0 Å². The Balaban J connectivity index is 1.52. The number of carbonyl (C=O) groups excluding carboxylic acids is 2. The van der Waals surface area contributed by atoms with Gasteiger partial charge in [-0.05, 0) is 59.7 Å². The van der Waals surface area contributed by atoms with E-state index >= 15 is 0 Å². The van der Waals surface area contributed by atoms with E-state index in [1.54, 1.807) is 23.5 Å². The van der Waals surface area contributed by atoms with Crippen LogP contribution in [-0.2, 0) is 21.1 Å². The van der Waals surface area contributed by atoms with E-state index in [0.717, 1.165) is 22.9 Å². The van der Waals surface area contributed by atoms with E-state index in [1.807, 2.05) is 48.5 Å². The maximum atomic E-state index is 11.1. The Morgan fingerprint density at radius 2 is 1.07 bits per heavy atom. The zero-order valence-electron chi connectivity index (χ0n) is 17.0. The highest BCUT2D eigenvalue weighted by molar-refractivity contribution is 7.98. The van der Waals surface area contributed by atoms with Gasteiger partial charge in [0.25, 0.3) is 0 Å². The number of nitrogens with one attached hydrogen (secondary N) is 2. The first-order valence-corrected chi connectivity index (χ1v) is 11.5. The summed E-state index contributed by atoms with van der Waals surface area (Å²) >= 11 is 3.55. The summed E-state index contributed by atoms with van der Waals surface area (Å²) in [4.78, 5) is 24.5. The van der Waals surface area contributed by atoms with E-state index in [-0.39, 0.29) is 11.8 Å². The molecule has 3 rings (SSSR count). The molecule has 0 spiro atoms. The standard InChI is InChI=1S/C24H24N2O2S2/c1-17(27)25-21-6-10-23(11-7-21)29-15-19-4-3-5-20(14-19)16-30-24-12-8-22(9-13-24)26-18(2)28/h3-14H,15-16H2,1-2H3,(H,25,27)(H,26,28). The molecule has 0 saturated heterocycles. The molecule has 0 bridgehead atoms. The highest BCUT2D eigenvalue weighted by atomic mass is 32.2. The van der Waals surface area contributed by atoms with Gasteiger partial charge in [0.15, 0.2) is 0 Å². The van der Waals surface area contributed by atoms with Gasteiger partial charge < -0.3 is 10.6 Å². The first kappa shape index (κ1) is 22.0. The van der Waals surface area contributed by atoms with Gasteiger partial charge in [-0.15, -0.1) is 23.5 Å². The van der Waals surface area contributed by atoms with Gasteiger partial charge in [-0.3, -0.25) is 9.59 Å². The number of hydrogen-bond acceptors (Lipinski definition) is 4. The van der Waals surface area contributed by atoms with Gasteiger partial charge in [-0.1, -0.05) is 24.3 Å². The van der Waals surface area contributed by atoms with Crippen molar-refractivity contribution < 1.29 is 9.59 Å². The quantitative estimate of drug-likeness (QED) is 0.414. The van der Waals surface area contributed by atoms with E-state index in [2.05, 4.69) is 34.9 Å². The van der Waals surface area contributed by atoms with E-state index in [9.17, 15) is 9.59 Å². The molecule has 0 aromatic heterocycles. The topological polar surface area (TPSA) is 58.2 Å². The van der Waals surface area contributed by atoms with Crippen molar-refractivity contribution in [3.63, 3.8) is 0 Å². The second-order valence-electron chi connectivity index (χ2n) is 6.81. The maximum Gasteiger partial charge on any atom is 0.221 e. The van der Waals surface area contributed by atoms with E-state index in [1.165, 1.54) is 34.8 Å². The molecule has 0 atom stereocenters. The van der Waals surface area contributed by atoms with Crippen molar-refractivity contribution in [1.82, 2.24) is 0 Å². The Morgan fingerprint density at radius 3 is 1.43 bits per heavy atom. The molecule has 4 nitrogen and oxygen atoms in total. The smallest absolute Gasteiger partial charge is 0.221 e. The number of thioether (sulfide) groups is 2. The van der Waals surface area contributed by atoms with E-state index in [0.29, 0.717) is 0 Å². The Morgan fingerprint density at radius 1 is 0.667 bits per heavy atom. The summed E-state index contributed by atoms with van der Waals surface area (Å²) in [7, 11) is 0. The van der Waals surface area contributed by atoms with Crippen LogP contribution in [0.3, 0.4) is 0 Å². The number of anilines is 2. The molecule has 0 unspecified atom stereocenters. The van der Waals surface area contributed by atoms with E-state index < -0.39 is 0 Å². The van der Waals surface area contributed by atoms with Gasteiger partial charge in [0.1, 0.15) is 0 Å². The minimum Gasteiger partial charge on any atom is -0.326 e. The summed E-state index contributed by atoms with van der Waals surface area (Å²) in [6.45, 7) is 3.02. The SMILES string of the molecule is CC(=O)Nc1ccc(SCc2cccc(CSc3ccc(NC(C)=O)cc3)c2)cc1. The molecular formula is C24H24N2O2S2. The average Bonchev–Trinajstić information content (AvgIpc) is 2.72. The minimum atomic E-state index is -0.0613. The highest BCUT2D eigenvalue weighted by Gasteiger charge is 2.02. The summed E-state index contributed by atoms with van der Waals surface area (Å²) in [5.41, 5.74) is 4.20. The fraction of sp³-hybridized carbons (Fsp3) is 0.167. The number of benzene rings is 3. The third-order valence-electron chi connectivity index (χ3n) is 4.15. The van der Waals surface area contributed by atoms with Crippen molar-refractivity contribution in [3.8, 4) is 0 Å². The molecule has 0 saturated carbocycles. The fourth-order valence-electron chi connectivity index (χ4n) is 2.82. The Labute approximate surface area is 185 Å². The predicted octanol–water partition coefficient (Wildman–Crippen LogP) is 6.19. The largest absolute Gasteiger partial charge is 0.326 e. The molecule has 2 N–H and O–H groups in total. The third-order valence-corrected chi connectivity index (χ3v) is 6.32. The van der Waals surface area contributed by atoms with Crippen LogP contribution in [-0.4, -0.2) is 11.8 Å². The van der Waals surface area contributed by atoms with Crippen LogP contribution in [0.5, 0.6) is 0 Å². The molecule has 0 aliphatic rings. The number of rotatable bonds is 8. The number of amides is 2. The summed E-state index contributed by atoms with van der Waals surface area (Å²) in [6, 6.07) is 24.5. The van der Waals surface area contributed by atoms with Crippen LogP contribution in [0.1, 0.15) is 25.0 Å². The first-order valence-electron chi connectivity index (χ1n) is 9.57. The highest BCUT2D eigenvalue weighted by Crippen LogP contribution is 2.27. The number of hydrogen-bond donors (Lipinski definition) is 2. The molecule has 3 aromatic carbocycles. The van der Waals surface area contributed by atoms with Gasteiger partial charge in [-0.25, -0.2) is 0 Å². The molecule has 3 aromatic rings. The molecule has 0 heterocycles. The predicted molar refractivity (Wildman–Crippen MR) is 127 cm³/mol. The second kappa shape index (κ2) is 10.9. The molecule has 0 aliphatic heterocycles. The summed E-state index contributed by atoms with van der Waals surface area (Å²) in [6.07, 6.45) is 0. The van der Waals surface area contributed by atoms with Crippen LogP contribution < -0.4 is 10.6 Å². The van der Waals surface area contributed by atoms with Crippen LogP contribution in [0.15, 0.2) is 82.6 Å². The van der Waals surface area contributed by atoms with Crippen molar-refractivity contribution in [3.05, 3.63) is 83.9 Å². The molecule has 0 radical (unpaired) electrons. The zero-order chi connectivity index (χ0) is 21.3. The normalized spacial score (nSPS) is 10.5. The summed E-state index contributed by atoms with van der Waals surface area (Å²) in [5, 5.41) is 5.57. The number of carbonyl (C=O) groups is 2. The average molecular weight is 437 g/mol. The summed E-state index contributed by atoms with van der Waals surface area (Å²) < 4.78 is 0. The lowest BCUT2D eigenvalue weighted by molar-refractivity contribution is -0.115. The minimum absolute atomic E-state index is 0.0613. The zero-order valence-corrected chi connectivity index (χ0v) is 18.6. The Bertz CT molecular complexity index is 924. The van der Waals surface area contributed by atoms with Crippen molar-refractivity contribution in [2.75, 3.05) is 10.6 Å². The van der Waals surface area contributed by atoms with Crippen molar-refractivity contribution >= 4 is 46.7 Å². The van der Waals surface area contributed by atoms with Crippen molar-refractivity contribution in [2.24, 2.45) is 0 Å². The van der Waals surface area contributed by atoms with Gasteiger partial charge in [0.05, 0.1) is 0 Å². The third kappa shape index (κ3) is 7.28. The lowest BCUT2D eigenvalue weighted by Crippen LogP contribution is -2.05. The fourth-order valence-corrected chi connectivity index (χ4v) is 4.50. The second-order valence-corrected chi connectivity index (χ2v) is 8.91. The van der Waals surface area contributed by atoms with Gasteiger partial charge in [-0.2, -0.15) is 0 Å². The molecule has 154 valence electrons. The molecule has 0 fully saturated rings. The van der Waals surface area contributed by atoms with Crippen LogP contribution in [0.4, 0.5) is 11.4 Å². The van der Waals surface area contributed by atoms with Gasteiger partial charge >= 0.3 is 0 Å². The van der Waals surface area contributed by atoms with Gasteiger partial charge in [0.2, 0.25) is 11.8 Å². The lowest BCUT2D eigenvalue weighted by Gasteiger charge is -2.08. The van der Waals surface area contributed by atoms with Gasteiger partial charge in [0, 0.05) is 46.5 Å². The van der Waals surface area contributed by atoms with Crippen LogP contribution >= 0.6 is 23.5 Å². The molecule has 30 heavy (non-hydrogen) atoms. The maximum absolute atomic E-state index is 11.1. The van der Waals surface area contributed by atoms with Crippen molar-refractivity contribution in [2.45, 2.75) is 35.1 Å². The van der Waals surface area contributed by atoms with Crippen LogP contribution in [0.25, 0.3) is 0 Å². The Hall–Kier alpha value is -2.70. The molecule has 2 amide bonds. The monoisotopic (exact) mass is 436 g/mol. The first-order chi connectivity index (χ1) is 14.5. The Kier molecular flexibility index (Phi) is 7.99. The molecule has 0 aliphatic carbocycles. The lowest BCUT2D eigenvalue weighted by atomic mass is 10.2. The molecular weight excluding hydrogens is 412 g/mol. The van der Waals surface area contributed by atoms with Crippen LogP contribution in [0.2, 0.25) is 0 Å². The van der Waals surface area contributed by atoms with Crippen LogP contribution in [0, 0.1) is 0 Å². The molecule has 6 heteroatoms. The summed E-state index contributed by atoms with van der Waals surface area (Å²) in [5.74, 6) is 1.66.